The zero-order valence-corrected chi connectivity index (χ0v) is 34.2. The second kappa shape index (κ2) is 15.3. The van der Waals surface area contributed by atoms with E-state index in [9.17, 15) is 28.8 Å². The number of rotatable bonds is 7. The summed E-state index contributed by atoms with van der Waals surface area (Å²) in [6.07, 6.45) is 0. The maximum atomic E-state index is 10.5. The predicted octanol–water partition coefficient (Wildman–Crippen LogP) is 11.5. The van der Waals surface area contributed by atoms with Crippen LogP contribution in [0.4, 0.5) is 0 Å². The molecule has 0 bridgehead atoms. The fourth-order valence-electron chi connectivity index (χ4n) is 8.15. The lowest BCUT2D eigenvalue weighted by molar-refractivity contribution is 0.488. The number of fused-ring (bicyclic) bond motifs is 7. The topological polar surface area (TPSA) is 14.2 Å². The van der Waals surface area contributed by atoms with Crippen molar-refractivity contribution < 1.29 is 59.6 Å². The van der Waals surface area contributed by atoms with Crippen molar-refractivity contribution in [3.8, 4) is 50.6 Å². The zero-order chi connectivity index (χ0) is 77.7. The van der Waals surface area contributed by atoms with Crippen LogP contribution < -0.4 is 36.4 Å². The smallest absolute Gasteiger partial charge is 0.289 e. The number of ether oxygens (including phenoxy) is 1. The fourth-order valence-corrected chi connectivity index (χ4v) is 13.2. The molecular weight excluding hydrogens is 822 g/mol. The van der Waals surface area contributed by atoms with Crippen LogP contribution in [-0.2, 0) is 0 Å². The normalized spacial score (nSPS) is 21.3. The molecule has 3 heterocycles. The van der Waals surface area contributed by atoms with Crippen LogP contribution in [0.5, 0.6) is 11.5 Å². The summed E-state index contributed by atoms with van der Waals surface area (Å²) in [5.74, 6) is -3.81. The highest BCUT2D eigenvalue weighted by Gasteiger charge is 2.44. The van der Waals surface area contributed by atoms with E-state index >= 15 is 0 Å². The summed E-state index contributed by atoms with van der Waals surface area (Å²) >= 11 is 0.473. The first-order valence-electron chi connectivity index (χ1n) is 39.1. The number of para-hydroxylation sites is 3. The van der Waals surface area contributed by atoms with Crippen LogP contribution in [0, 0.1) is 0 Å². The molecule has 0 aliphatic carbocycles. The molecule has 0 saturated heterocycles. The molecule has 2 aliphatic rings. The summed E-state index contributed by atoms with van der Waals surface area (Å²) in [4.78, 5) is -0.466. The molecule has 304 valence electrons. The third kappa shape index (κ3) is 5.89. The number of hydrogen-bond donors (Lipinski definition) is 0. The van der Waals surface area contributed by atoms with Crippen molar-refractivity contribution in [2.24, 2.45) is 0 Å². The van der Waals surface area contributed by atoms with Gasteiger partial charge in [-0.15, -0.1) is 0 Å². The van der Waals surface area contributed by atoms with Gasteiger partial charge in [-0.1, -0.05) is 199 Å². The molecule has 10 aromatic carbocycles. The van der Waals surface area contributed by atoms with E-state index in [1.165, 1.54) is 0 Å². The van der Waals surface area contributed by atoms with E-state index in [4.69, 9.17) is 30.8 Å². The fraction of sp³-hybridized carbons (Fsp3) is 0. The Morgan fingerprint density at radius 2 is 0.954 bits per heavy atom. The Morgan fingerprint density at radius 3 is 1.62 bits per heavy atom. The number of nitrogens with zero attached hydrogens (tertiary/aromatic N) is 1. The van der Waals surface area contributed by atoms with Crippen molar-refractivity contribution in [2.45, 2.75) is 4.90 Å². The van der Waals surface area contributed by atoms with Gasteiger partial charge in [-0.05, 0) is 102 Å². The van der Waals surface area contributed by atoms with Crippen molar-refractivity contribution in [1.29, 1.82) is 0 Å². The molecule has 5 heteroatoms. The zero-order valence-electron chi connectivity index (χ0n) is 72.3. The number of benzene rings is 10. The van der Waals surface area contributed by atoms with Gasteiger partial charge in [0.05, 0.1) is 71.6 Å². The molecule has 2 nitrogen and oxygen atoms in total. The molecular formula is C60H40BNOSSi. The summed E-state index contributed by atoms with van der Waals surface area (Å²) in [5.41, 5.74) is -9.29. The standard InChI is InChI=1S/C60H40BNOSSi/c1-4-20-43(21-5-1)65(44-22-6-2-7-23-44,45-24-8-3-9-25-45)59-35-19-14-27-47(59)41-36-37-52-56(39-41)63-57-40-42(38-51-50-30-13-18-34-58(50)64-61(52)60(51)57)46-26-10-15-31-53(46)62-54-32-16-11-28-48(54)49-29-12-17-33-55(49)62/h1-40H/i1D,2D,3D,4D,5D,6D,7D,8D,9D,10D,11D,12D,13D,14D,15D,16D,17D,18D,19D,20D,21D,22D,23D,24D,25D,26D,27D,28D,29D,30D,31D,32D,33D,34D,35D,36D,37D,38D,39D,40D. The van der Waals surface area contributed by atoms with Gasteiger partial charge in [0.25, 0.3) is 5.99 Å². The van der Waals surface area contributed by atoms with Crippen LogP contribution in [0.15, 0.2) is 247 Å². The molecule has 0 saturated carbocycles. The van der Waals surface area contributed by atoms with Crippen molar-refractivity contribution in [1.82, 2.24) is 4.57 Å². The van der Waals surface area contributed by atoms with Crippen LogP contribution in [0.2, 0.25) is 0 Å². The van der Waals surface area contributed by atoms with Gasteiger partial charge in [-0.3, -0.25) is 0 Å². The average Bonchev–Trinajstić information content (AvgIpc) is 1.05. The Bertz CT molecular complexity index is 5690. The van der Waals surface area contributed by atoms with Gasteiger partial charge in [-0.25, -0.2) is 0 Å². The number of hydrogen-bond acceptors (Lipinski definition) is 2. The van der Waals surface area contributed by atoms with Gasteiger partial charge in [0, 0.05) is 21.2 Å². The first-order chi connectivity index (χ1) is 48.9. The maximum Gasteiger partial charge on any atom is 0.289 e. The molecule has 1 aromatic heterocycles. The average molecular weight is 902 g/mol. The molecule has 0 spiro atoms. The van der Waals surface area contributed by atoms with Gasteiger partial charge in [0.2, 0.25) is 0 Å². The highest BCUT2D eigenvalue weighted by Crippen LogP contribution is 2.46. The molecule has 0 unspecified atom stereocenters. The van der Waals surface area contributed by atoms with Crippen molar-refractivity contribution in [3.05, 3.63) is 242 Å². The van der Waals surface area contributed by atoms with Gasteiger partial charge in [-0.2, -0.15) is 11.6 Å². The van der Waals surface area contributed by atoms with Gasteiger partial charge < -0.3 is 9.30 Å². The molecule has 0 N–H and O–H groups in total. The number of aromatic nitrogens is 1. The Balaban J connectivity index is 1.25. The largest absolute Gasteiger partial charge is 0.458 e. The first kappa shape index (κ1) is 15.3. The lowest BCUT2D eigenvalue weighted by Gasteiger charge is -2.36. The SMILES string of the molecule is [2H]c1c([2H])c([2H])c([Si](c2c([2H])c([2H])c([2H])c([2H])c2[2H])(c2c([2H])c([2H])c([2H])c([2H])c2[2H])c2c([2H])c([2H])c([2H])c([2H])c2-c2c([2H])c([2H])c3c(c2[2H])Oc2c([2H])c(-c4c([2H])c([2H])c([2H])c([2H])c4-n4c5c([2H])c([2H])c([2H])c([2H])c5c5c([2H])c([2H])c([2H])c([2H])c54)c([2H])c4c2B3Sc2c([2H])c([2H])c([2H])c([2H])c2-4)c([2H])c1[2H]. The van der Waals surface area contributed by atoms with Gasteiger partial charge >= 0.3 is 0 Å². The minimum Gasteiger partial charge on any atom is -0.458 e. The first-order valence-corrected chi connectivity index (χ1v) is 22.0. The summed E-state index contributed by atoms with van der Waals surface area (Å²) in [6, 6.07) is -47.1. The van der Waals surface area contributed by atoms with Crippen LogP contribution in [0.3, 0.4) is 0 Å². The van der Waals surface area contributed by atoms with Gasteiger partial charge in [0.15, 0.2) is 8.07 Å². The minimum atomic E-state index is -6.73. The van der Waals surface area contributed by atoms with Gasteiger partial charge in [0.1, 0.15) is 11.5 Å². The van der Waals surface area contributed by atoms with E-state index in [0.29, 0.717) is 16.2 Å². The van der Waals surface area contributed by atoms with E-state index in [0.717, 1.165) is 0 Å². The van der Waals surface area contributed by atoms with E-state index < -0.39 is 365 Å². The quantitative estimate of drug-likeness (QED) is 0.117. The summed E-state index contributed by atoms with van der Waals surface area (Å²) in [5, 5.41) is -6.38. The molecule has 0 radical (unpaired) electrons. The second-order valence-electron chi connectivity index (χ2n) is 14.0. The van der Waals surface area contributed by atoms with E-state index in [-0.39, 0.29) is 0 Å². The van der Waals surface area contributed by atoms with E-state index in [1.54, 1.807) is 0 Å². The van der Waals surface area contributed by atoms with Crippen molar-refractivity contribution in [3.63, 3.8) is 0 Å². The second-order valence-corrected chi connectivity index (χ2v) is 18.7. The summed E-state index contributed by atoms with van der Waals surface area (Å²) in [7, 11) is -6.73. The summed E-state index contributed by atoms with van der Waals surface area (Å²) in [6.45, 7) is 0. The molecule has 65 heavy (non-hydrogen) atoms. The molecule has 13 rings (SSSR count). The van der Waals surface area contributed by atoms with E-state index in [1.807, 2.05) is 0 Å². The maximum absolute atomic E-state index is 10.5. The van der Waals surface area contributed by atoms with Crippen LogP contribution in [0.1, 0.15) is 54.8 Å². The molecule has 0 fully saturated rings. The molecule has 2 aliphatic heterocycles. The molecule has 11 aromatic rings. The summed E-state index contributed by atoms with van der Waals surface area (Å²) < 4.78 is 383. The Labute approximate surface area is 440 Å². The molecule has 0 atom stereocenters. The Hall–Kier alpha value is -7.57. The Kier molecular flexibility index (Phi) is 3.60. The Morgan fingerprint density at radius 1 is 0.431 bits per heavy atom. The lowest BCUT2D eigenvalue weighted by atomic mass is 9.57. The third-order valence-corrected chi connectivity index (χ3v) is 16.2. The monoisotopic (exact) mass is 902 g/mol. The van der Waals surface area contributed by atoms with Crippen LogP contribution >= 0.6 is 11.6 Å². The lowest BCUT2D eigenvalue weighted by Crippen LogP contribution is -2.75. The van der Waals surface area contributed by atoms with Crippen molar-refractivity contribution >= 4 is 79.2 Å². The minimum absolute atomic E-state index is 0.466. The third-order valence-electron chi connectivity index (χ3n) is 10.8. The van der Waals surface area contributed by atoms with Crippen LogP contribution in [-0.4, -0.2) is 18.6 Å². The highest BCUT2D eigenvalue weighted by molar-refractivity contribution is 8.28. The molecule has 0 amide bonds. The van der Waals surface area contributed by atoms with E-state index in [2.05, 4.69) is 0 Å². The predicted molar refractivity (Wildman–Crippen MR) is 278 cm³/mol. The van der Waals surface area contributed by atoms with Crippen LogP contribution in [0.25, 0.3) is 60.9 Å². The van der Waals surface area contributed by atoms with Crippen molar-refractivity contribution in [2.75, 3.05) is 0 Å². The highest BCUT2D eigenvalue weighted by atomic mass is 32.2.